The van der Waals surface area contributed by atoms with Crippen molar-refractivity contribution in [3.05, 3.63) is 29.3 Å². The molecule has 0 aliphatic carbocycles. The van der Waals surface area contributed by atoms with Crippen LogP contribution < -0.4 is 4.90 Å². The molecule has 0 bridgehead atoms. The Bertz CT molecular complexity index is 403. The van der Waals surface area contributed by atoms with Gasteiger partial charge in [-0.25, -0.2) is 0 Å². The fourth-order valence-corrected chi connectivity index (χ4v) is 2.17. The van der Waals surface area contributed by atoms with E-state index in [0.29, 0.717) is 0 Å². The number of anilines is 1. The van der Waals surface area contributed by atoms with Gasteiger partial charge in [0, 0.05) is 13.1 Å². The molecule has 1 aliphatic heterocycles. The highest BCUT2D eigenvalue weighted by molar-refractivity contribution is 5.60. The van der Waals surface area contributed by atoms with Gasteiger partial charge >= 0.3 is 0 Å². The molecule has 0 aromatic heterocycles. The van der Waals surface area contributed by atoms with Crippen LogP contribution in [0.2, 0.25) is 0 Å². The Hall–Kier alpha value is -1.49. The fraction of sp³-hybridized carbons (Fsp3) is 0.462. The topological polar surface area (TPSA) is 27.0 Å². The smallest absolute Gasteiger partial charge is 0.101 e. The van der Waals surface area contributed by atoms with Crippen molar-refractivity contribution < 1.29 is 0 Å². The lowest BCUT2D eigenvalue weighted by atomic mass is 10.1. The molecule has 0 radical (unpaired) electrons. The molecule has 1 heterocycles. The molecule has 2 nitrogen and oxygen atoms in total. The van der Waals surface area contributed by atoms with Crippen LogP contribution in [0.1, 0.15) is 24.5 Å². The molecular formula is C13H16N2. The molecule has 1 unspecified atom stereocenters. The highest BCUT2D eigenvalue weighted by Gasteiger charge is 2.20. The van der Waals surface area contributed by atoms with Gasteiger partial charge in [-0.15, -0.1) is 0 Å². The Balaban J connectivity index is 2.32. The Labute approximate surface area is 91.1 Å². The van der Waals surface area contributed by atoms with Crippen LogP contribution in [0, 0.1) is 24.2 Å². The van der Waals surface area contributed by atoms with E-state index in [1.165, 1.54) is 6.42 Å². The Morgan fingerprint density at radius 1 is 1.47 bits per heavy atom. The lowest BCUT2D eigenvalue weighted by molar-refractivity contribution is 0.659. The van der Waals surface area contributed by atoms with Crippen LogP contribution in [-0.2, 0) is 0 Å². The van der Waals surface area contributed by atoms with Gasteiger partial charge in [-0.1, -0.05) is 13.0 Å². The van der Waals surface area contributed by atoms with Gasteiger partial charge in [0.2, 0.25) is 0 Å². The largest absolute Gasteiger partial charge is 0.370 e. The number of hydrogen-bond donors (Lipinski definition) is 0. The van der Waals surface area contributed by atoms with Crippen molar-refractivity contribution in [2.45, 2.75) is 20.3 Å². The maximum absolute atomic E-state index is 9.09. The van der Waals surface area contributed by atoms with Crippen molar-refractivity contribution in [3.8, 4) is 6.07 Å². The molecule has 1 atom stereocenters. The van der Waals surface area contributed by atoms with Gasteiger partial charge in [0.05, 0.1) is 11.3 Å². The van der Waals surface area contributed by atoms with Gasteiger partial charge in [-0.2, -0.15) is 5.26 Å². The van der Waals surface area contributed by atoms with Crippen LogP contribution in [0.3, 0.4) is 0 Å². The number of aryl methyl sites for hydroxylation is 1. The normalized spacial score (nSPS) is 20.3. The van der Waals surface area contributed by atoms with Crippen LogP contribution in [0.25, 0.3) is 0 Å². The Kier molecular flexibility index (Phi) is 2.64. The van der Waals surface area contributed by atoms with E-state index < -0.39 is 0 Å². The first-order valence-corrected chi connectivity index (χ1v) is 5.46. The molecular weight excluding hydrogens is 184 g/mol. The van der Waals surface area contributed by atoms with Crippen LogP contribution >= 0.6 is 0 Å². The molecule has 1 aliphatic rings. The molecule has 15 heavy (non-hydrogen) atoms. The quantitative estimate of drug-likeness (QED) is 0.697. The van der Waals surface area contributed by atoms with Crippen LogP contribution in [0.5, 0.6) is 0 Å². The van der Waals surface area contributed by atoms with E-state index in [1.54, 1.807) is 0 Å². The van der Waals surface area contributed by atoms with Crippen LogP contribution in [0.15, 0.2) is 18.2 Å². The summed E-state index contributed by atoms with van der Waals surface area (Å²) in [5, 5.41) is 9.09. The second-order valence-electron chi connectivity index (χ2n) is 4.47. The number of rotatable bonds is 1. The molecule has 1 aromatic rings. The number of nitrogens with zero attached hydrogens (tertiary/aromatic N) is 2. The average Bonchev–Trinajstić information content (AvgIpc) is 2.64. The molecule has 2 rings (SSSR count). The summed E-state index contributed by atoms with van der Waals surface area (Å²) in [4.78, 5) is 2.32. The van der Waals surface area contributed by atoms with Crippen molar-refractivity contribution in [1.82, 2.24) is 0 Å². The Morgan fingerprint density at radius 3 is 2.87 bits per heavy atom. The van der Waals surface area contributed by atoms with E-state index in [0.717, 1.165) is 35.8 Å². The van der Waals surface area contributed by atoms with E-state index in [4.69, 9.17) is 5.26 Å². The van der Waals surface area contributed by atoms with E-state index >= 15 is 0 Å². The third-order valence-corrected chi connectivity index (χ3v) is 3.04. The number of nitriles is 1. The maximum atomic E-state index is 9.09. The average molecular weight is 200 g/mol. The number of benzene rings is 1. The lowest BCUT2D eigenvalue weighted by Gasteiger charge is -2.19. The summed E-state index contributed by atoms with van der Waals surface area (Å²) in [6.45, 7) is 6.45. The fourth-order valence-electron chi connectivity index (χ4n) is 2.17. The van der Waals surface area contributed by atoms with Crippen molar-refractivity contribution in [2.75, 3.05) is 18.0 Å². The van der Waals surface area contributed by atoms with Gasteiger partial charge in [-0.3, -0.25) is 0 Å². The van der Waals surface area contributed by atoms with E-state index in [9.17, 15) is 0 Å². The first-order chi connectivity index (χ1) is 7.20. The molecule has 2 heteroatoms. The summed E-state index contributed by atoms with van der Waals surface area (Å²) < 4.78 is 0. The molecule has 0 N–H and O–H groups in total. The predicted octanol–water partition coefficient (Wildman–Crippen LogP) is 2.71. The summed E-state index contributed by atoms with van der Waals surface area (Å²) in [5.41, 5.74) is 3.07. The summed E-state index contributed by atoms with van der Waals surface area (Å²) in [5.74, 6) is 0.748. The monoisotopic (exact) mass is 200 g/mol. The maximum Gasteiger partial charge on any atom is 0.101 e. The van der Waals surface area contributed by atoms with Gasteiger partial charge < -0.3 is 4.90 Å². The zero-order valence-corrected chi connectivity index (χ0v) is 9.33. The third kappa shape index (κ3) is 1.97. The third-order valence-electron chi connectivity index (χ3n) is 3.04. The second kappa shape index (κ2) is 3.94. The highest BCUT2D eigenvalue weighted by Crippen LogP contribution is 2.27. The lowest BCUT2D eigenvalue weighted by Crippen LogP contribution is -2.20. The van der Waals surface area contributed by atoms with Gasteiger partial charge in [0.1, 0.15) is 6.07 Å². The first-order valence-electron chi connectivity index (χ1n) is 5.46. The molecule has 0 saturated carbocycles. The standard InChI is InChI=1S/C13H16N2/c1-10-3-4-13(12(7-10)8-14)15-6-5-11(2)9-15/h3-4,7,11H,5-6,9H2,1-2H3. The molecule has 1 aromatic carbocycles. The molecule has 0 amide bonds. The van der Waals surface area contributed by atoms with Crippen LogP contribution in [-0.4, -0.2) is 13.1 Å². The minimum Gasteiger partial charge on any atom is -0.370 e. The van der Waals surface area contributed by atoms with Gasteiger partial charge in [0.25, 0.3) is 0 Å². The zero-order valence-electron chi connectivity index (χ0n) is 9.33. The SMILES string of the molecule is Cc1ccc(N2CCC(C)C2)c(C#N)c1. The summed E-state index contributed by atoms with van der Waals surface area (Å²) in [7, 11) is 0. The van der Waals surface area contributed by atoms with Crippen molar-refractivity contribution in [2.24, 2.45) is 5.92 Å². The second-order valence-corrected chi connectivity index (χ2v) is 4.47. The minimum atomic E-state index is 0.748. The van der Waals surface area contributed by atoms with E-state index in [2.05, 4.69) is 30.0 Å². The minimum absolute atomic E-state index is 0.748. The van der Waals surface area contributed by atoms with Gasteiger partial charge in [-0.05, 0) is 37.0 Å². The Morgan fingerprint density at radius 2 is 2.27 bits per heavy atom. The summed E-state index contributed by atoms with van der Waals surface area (Å²) in [6, 6.07) is 8.41. The highest BCUT2D eigenvalue weighted by atomic mass is 15.1. The van der Waals surface area contributed by atoms with Gasteiger partial charge in [0.15, 0.2) is 0 Å². The molecule has 1 saturated heterocycles. The summed E-state index contributed by atoms with van der Waals surface area (Å²) >= 11 is 0. The number of hydrogen-bond acceptors (Lipinski definition) is 2. The molecule has 1 fully saturated rings. The van der Waals surface area contributed by atoms with E-state index in [-0.39, 0.29) is 0 Å². The summed E-state index contributed by atoms with van der Waals surface area (Å²) in [6.07, 6.45) is 1.23. The van der Waals surface area contributed by atoms with Crippen molar-refractivity contribution in [3.63, 3.8) is 0 Å². The van der Waals surface area contributed by atoms with Crippen LogP contribution in [0.4, 0.5) is 5.69 Å². The first kappa shape index (κ1) is 10.0. The van der Waals surface area contributed by atoms with E-state index in [1.807, 2.05) is 13.0 Å². The zero-order chi connectivity index (χ0) is 10.8. The van der Waals surface area contributed by atoms with Crippen molar-refractivity contribution in [1.29, 1.82) is 5.26 Å². The molecule has 78 valence electrons. The van der Waals surface area contributed by atoms with Crippen molar-refractivity contribution >= 4 is 5.69 Å². The predicted molar refractivity (Wildman–Crippen MR) is 61.9 cm³/mol. The molecule has 0 spiro atoms.